The Kier molecular flexibility index (Phi) is 6.95. The van der Waals surface area contributed by atoms with Crippen LogP contribution in [-0.4, -0.2) is 35.0 Å². The first-order chi connectivity index (χ1) is 10.5. The van der Waals surface area contributed by atoms with Crippen LogP contribution < -0.4 is 5.32 Å². The van der Waals surface area contributed by atoms with Gasteiger partial charge in [0.05, 0.1) is 18.9 Å². The van der Waals surface area contributed by atoms with Crippen molar-refractivity contribution in [2.75, 3.05) is 13.2 Å². The van der Waals surface area contributed by atoms with Crippen molar-refractivity contribution < 1.29 is 15.0 Å². The number of aliphatic hydroxyl groups excluding tert-OH is 2. The highest BCUT2D eigenvalue weighted by molar-refractivity contribution is 6.04. The third-order valence-corrected chi connectivity index (χ3v) is 3.73. The van der Waals surface area contributed by atoms with E-state index in [2.05, 4.69) is 11.9 Å². The van der Waals surface area contributed by atoms with Gasteiger partial charge in [-0.15, -0.1) is 0 Å². The van der Waals surface area contributed by atoms with Crippen LogP contribution in [0.5, 0.6) is 0 Å². The van der Waals surface area contributed by atoms with Crippen LogP contribution in [0.3, 0.4) is 0 Å². The van der Waals surface area contributed by atoms with Crippen molar-refractivity contribution >= 4 is 11.6 Å². The van der Waals surface area contributed by atoms with E-state index in [4.69, 9.17) is 5.41 Å². The molecule has 5 heteroatoms. The fourth-order valence-electron chi connectivity index (χ4n) is 2.28. The van der Waals surface area contributed by atoms with Gasteiger partial charge in [-0.3, -0.25) is 4.79 Å². The SMILES string of the molecule is C=CC(=O)NCC(=N)c1c(C(C)CC)cccc1C(O)CO. The number of aliphatic hydroxyl groups is 2. The number of carbonyl (C=O) groups is 1. The quantitative estimate of drug-likeness (QED) is 0.436. The molecule has 4 N–H and O–H groups in total. The minimum absolute atomic E-state index is 0.0451. The molecule has 0 aromatic heterocycles. The van der Waals surface area contributed by atoms with Crippen LogP contribution in [0.15, 0.2) is 30.9 Å². The van der Waals surface area contributed by atoms with Gasteiger partial charge in [0.2, 0.25) is 5.91 Å². The number of hydrogen-bond donors (Lipinski definition) is 4. The summed E-state index contributed by atoms with van der Waals surface area (Å²) in [5, 5.41) is 30.1. The number of rotatable bonds is 8. The third-order valence-electron chi connectivity index (χ3n) is 3.73. The van der Waals surface area contributed by atoms with Crippen molar-refractivity contribution in [1.82, 2.24) is 5.32 Å². The first-order valence-corrected chi connectivity index (χ1v) is 7.35. The van der Waals surface area contributed by atoms with E-state index in [1.807, 2.05) is 26.0 Å². The normalized spacial score (nSPS) is 13.3. The van der Waals surface area contributed by atoms with Crippen LogP contribution in [0.1, 0.15) is 49.0 Å². The second kappa shape index (κ2) is 8.46. The summed E-state index contributed by atoms with van der Waals surface area (Å²) in [6.45, 7) is 7.10. The Bertz CT molecular complexity index is 527. The van der Waals surface area contributed by atoms with Gasteiger partial charge in [0, 0.05) is 5.56 Å². The van der Waals surface area contributed by atoms with Gasteiger partial charge in [-0.1, -0.05) is 38.6 Å². The summed E-state index contributed by atoms with van der Waals surface area (Å²) in [6, 6.07) is 5.43. The molecule has 1 aromatic carbocycles. The second-order valence-electron chi connectivity index (χ2n) is 5.22. The highest BCUT2D eigenvalue weighted by Crippen LogP contribution is 2.29. The molecule has 1 aromatic rings. The predicted molar refractivity (Wildman–Crippen MR) is 87.2 cm³/mol. The van der Waals surface area contributed by atoms with Crippen LogP contribution in [-0.2, 0) is 4.79 Å². The maximum absolute atomic E-state index is 11.3. The van der Waals surface area contributed by atoms with Crippen molar-refractivity contribution in [3.63, 3.8) is 0 Å². The fourth-order valence-corrected chi connectivity index (χ4v) is 2.28. The fraction of sp³-hybridized carbons (Fsp3) is 0.412. The van der Waals surface area contributed by atoms with Crippen molar-refractivity contribution in [2.45, 2.75) is 32.3 Å². The van der Waals surface area contributed by atoms with Gasteiger partial charge in [-0.25, -0.2) is 0 Å². The molecule has 22 heavy (non-hydrogen) atoms. The Morgan fingerprint density at radius 1 is 1.45 bits per heavy atom. The van der Waals surface area contributed by atoms with E-state index in [9.17, 15) is 15.0 Å². The predicted octanol–water partition coefficient (Wildman–Crippen LogP) is 1.90. The number of hydrogen-bond acceptors (Lipinski definition) is 4. The zero-order chi connectivity index (χ0) is 16.7. The number of benzene rings is 1. The van der Waals surface area contributed by atoms with Crippen LogP contribution >= 0.6 is 0 Å². The Morgan fingerprint density at radius 2 is 2.09 bits per heavy atom. The lowest BCUT2D eigenvalue weighted by Gasteiger charge is -2.21. The number of amides is 1. The van der Waals surface area contributed by atoms with E-state index in [-0.39, 0.29) is 24.1 Å². The van der Waals surface area contributed by atoms with Gasteiger partial charge >= 0.3 is 0 Å². The molecule has 0 radical (unpaired) electrons. The van der Waals surface area contributed by atoms with Crippen molar-refractivity contribution in [3.05, 3.63) is 47.5 Å². The molecule has 0 aliphatic carbocycles. The van der Waals surface area contributed by atoms with E-state index >= 15 is 0 Å². The molecule has 5 nitrogen and oxygen atoms in total. The molecule has 0 aliphatic rings. The summed E-state index contributed by atoms with van der Waals surface area (Å²) < 4.78 is 0. The molecule has 1 rings (SSSR count). The van der Waals surface area contributed by atoms with E-state index in [1.165, 1.54) is 0 Å². The van der Waals surface area contributed by atoms with Gasteiger partial charge in [-0.05, 0) is 29.5 Å². The van der Waals surface area contributed by atoms with E-state index in [1.54, 1.807) is 6.07 Å². The summed E-state index contributed by atoms with van der Waals surface area (Å²) >= 11 is 0. The third kappa shape index (κ3) is 4.26. The number of carbonyl (C=O) groups excluding carboxylic acids is 1. The summed E-state index contributed by atoms with van der Waals surface area (Å²) in [5.41, 5.74) is 2.25. The topological polar surface area (TPSA) is 93.4 Å². The summed E-state index contributed by atoms with van der Waals surface area (Å²) in [4.78, 5) is 11.3. The first kappa shape index (κ1) is 18.1. The van der Waals surface area contributed by atoms with E-state index < -0.39 is 12.7 Å². The van der Waals surface area contributed by atoms with Crippen molar-refractivity contribution in [1.29, 1.82) is 5.41 Å². The Labute approximate surface area is 131 Å². The molecule has 0 aliphatic heterocycles. The van der Waals surface area contributed by atoms with Gasteiger partial charge in [0.25, 0.3) is 0 Å². The molecular weight excluding hydrogens is 280 g/mol. The Morgan fingerprint density at radius 3 is 2.64 bits per heavy atom. The lowest BCUT2D eigenvalue weighted by atomic mass is 9.86. The highest BCUT2D eigenvalue weighted by atomic mass is 16.3. The molecule has 1 amide bonds. The minimum atomic E-state index is -1.05. The first-order valence-electron chi connectivity index (χ1n) is 7.35. The van der Waals surface area contributed by atoms with Gasteiger partial charge in [-0.2, -0.15) is 0 Å². The summed E-state index contributed by atoms with van der Waals surface area (Å²) in [7, 11) is 0. The Balaban J connectivity index is 3.24. The van der Waals surface area contributed by atoms with E-state index in [0.29, 0.717) is 11.1 Å². The highest BCUT2D eigenvalue weighted by Gasteiger charge is 2.20. The molecule has 120 valence electrons. The summed E-state index contributed by atoms with van der Waals surface area (Å²) in [6.07, 6.45) is 0.990. The maximum atomic E-state index is 11.3. The van der Waals surface area contributed by atoms with Crippen LogP contribution in [0, 0.1) is 5.41 Å². The molecule has 0 bridgehead atoms. The van der Waals surface area contributed by atoms with Crippen LogP contribution in [0.25, 0.3) is 0 Å². The molecule has 0 saturated heterocycles. The van der Waals surface area contributed by atoms with Crippen LogP contribution in [0.4, 0.5) is 0 Å². The smallest absolute Gasteiger partial charge is 0.243 e. The monoisotopic (exact) mass is 304 g/mol. The molecule has 0 saturated carbocycles. The average molecular weight is 304 g/mol. The van der Waals surface area contributed by atoms with Crippen LogP contribution in [0.2, 0.25) is 0 Å². The largest absolute Gasteiger partial charge is 0.393 e. The van der Waals surface area contributed by atoms with E-state index in [0.717, 1.165) is 18.1 Å². The minimum Gasteiger partial charge on any atom is -0.393 e. The van der Waals surface area contributed by atoms with Gasteiger partial charge in [0.15, 0.2) is 0 Å². The van der Waals surface area contributed by atoms with Crippen molar-refractivity contribution in [2.24, 2.45) is 0 Å². The lowest BCUT2D eigenvalue weighted by molar-refractivity contribution is -0.116. The molecule has 0 fully saturated rings. The molecule has 2 unspecified atom stereocenters. The lowest BCUT2D eigenvalue weighted by Crippen LogP contribution is -2.29. The van der Waals surface area contributed by atoms with Crippen molar-refractivity contribution in [3.8, 4) is 0 Å². The molecule has 2 atom stereocenters. The molecular formula is C17H24N2O3. The Hall–Kier alpha value is -1.98. The molecule has 0 heterocycles. The second-order valence-corrected chi connectivity index (χ2v) is 5.22. The maximum Gasteiger partial charge on any atom is 0.243 e. The number of nitrogens with one attached hydrogen (secondary N) is 2. The summed E-state index contributed by atoms with van der Waals surface area (Å²) in [5.74, 6) is -0.147. The standard InChI is InChI=1S/C17H24N2O3/c1-4-11(3)12-7-6-8-13(15(21)10-20)17(12)14(18)9-19-16(22)5-2/h5-8,11,15,18,20-21H,2,4,9-10H2,1,3H3,(H,19,22). The van der Waals surface area contributed by atoms with Gasteiger partial charge in [0.1, 0.15) is 6.10 Å². The van der Waals surface area contributed by atoms with Gasteiger partial charge < -0.3 is 20.9 Å². The zero-order valence-electron chi connectivity index (χ0n) is 13.1. The average Bonchev–Trinajstić information content (AvgIpc) is 2.56. The molecule has 0 spiro atoms. The zero-order valence-corrected chi connectivity index (χ0v) is 13.1.